The van der Waals surface area contributed by atoms with Gasteiger partial charge in [0.2, 0.25) is 0 Å². The summed E-state index contributed by atoms with van der Waals surface area (Å²) < 4.78 is 85.6. The summed E-state index contributed by atoms with van der Waals surface area (Å²) in [5, 5.41) is 13.4. The number of rotatable bonds is 6. The van der Waals surface area contributed by atoms with Gasteiger partial charge in [-0.15, -0.1) is 0 Å². The largest absolute Gasteiger partial charge is 0.496 e. The maximum atomic E-state index is 13.9. The molecule has 0 saturated carbocycles. The number of halogens is 6. The third-order valence-electron chi connectivity index (χ3n) is 6.86. The lowest BCUT2D eigenvalue weighted by molar-refractivity contribution is -0.138. The lowest BCUT2D eigenvalue weighted by Gasteiger charge is -2.38. The molecule has 1 saturated heterocycles. The van der Waals surface area contributed by atoms with E-state index in [1.807, 2.05) is 0 Å². The Hall–Kier alpha value is -4.46. The van der Waals surface area contributed by atoms with E-state index in [2.05, 4.69) is 5.32 Å². The highest BCUT2D eigenvalue weighted by Crippen LogP contribution is 2.41. The second-order valence-corrected chi connectivity index (χ2v) is 9.98. The van der Waals surface area contributed by atoms with Crippen LogP contribution in [0.5, 0.6) is 5.75 Å². The van der Waals surface area contributed by atoms with Crippen LogP contribution in [0.15, 0.2) is 72.8 Å². The van der Waals surface area contributed by atoms with Gasteiger partial charge in [0, 0.05) is 16.9 Å². The number of carbonyl (C=O) groups is 2. The average molecular weight is 597 g/mol. The van der Waals surface area contributed by atoms with E-state index < -0.39 is 47.2 Å². The minimum absolute atomic E-state index is 0.0840. The third-order valence-corrected chi connectivity index (χ3v) is 6.86. The first-order valence-corrected chi connectivity index (χ1v) is 12.4. The van der Waals surface area contributed by atoms with E-state index in [1.54, 1.807) is 24.3 Å². The molecule has 0 aromatic heterocycles. The lowest BCUT2D eigenvalue weighted by Crippen LogP contribution is -2.58. The summed E-state index contributed by atoms with van der Waals surface area (Å²) in [5.74, 6) is 0.415. The number of para-hydroxylation sites is 1. The number of benzene rings is 3. The molecule has 3 aromatic rings. The SMILES string of the molecule is COc1ccccc1CN1C(=O)N(c2cccc(C(F)(F)F)c2)C(N(O)C(=O)Nc2cccc(C(F)(F)F)c2)C1(C)C. The highest BCUT2D eigenvalue weighted by atomic mass is 19.4. The Labute approximate surface area is 236 Å². The van der Waals surface area contributed by atoms with Crippen LogP contribution in [0.25, 0.3) is 0 Å². The Morgan fingerprint density at radius 3 is 2.17 bits per heavy atom. The Morgan fingerprint density at radius 1 is 0.952 bits per heavy atom. The maximum absolute atomic E-state index is 13.9. The van der Waals surface area contributed by atoms with Crippen LogP contribution >= 0.6 is 0 Å². The number of carbonyl (C=O) groups excluding carboxylic acids is 2. The molecule has 14 heteroatoms. The Balaban J connectivity index is 1.76. The molecule has 2 N–H and O–H groups in total. The van der Waals surface area contributed by atoms with E-state index >= 15 is 0 Å². The minimum atomic E-state index is -4.76. The number of hydrogen-bond donors (Lipinski definition) is 2. The molecule has 0 spiro atoms. The van der Waals surface area contributed by atoms with Crippen molar-refractivity contribution in [1.82, 2.24) is 9.96 Å². The van der Waals surface area contributed by atoms with Crippen LogP contribution in [0.3, 0.4) is 0 Å². The zero-order chi connectivity index (χ0) is 31.0. The normalized spacial score (nSPS) is 16.9. The smallest absolute Gasteiger partial charge is 0.416 e. The van der Waals surface area contributed by atoms with Gasteiger partial charge in [0.1, 0.15) is 5.75 Å². The molecule has 224 valence electrons. The first-order chi connectivity index (χ1) is 19.6. The summed E-state index contributed by atoms with van der Waals surface area (Å²) in [7, 11) is 1.42. The number of amides is 4. The third kappa shape index (κ3) is 5.93. The molecule has 1 fully saturated rings. The highest BCUT2D eigenvalue weighted by Gasteiger charge is 2.56. The summed E-state index contributed by atoms with van der Waals surface area (Å²) in [6, 6.07) is 12.0. The number of urea groups is 2. The van der Waals surface area contributed by atoms with Crippen LogP contribution in [0.4, 0.5) is 47.3 Å². The minimum Gasteiger partial charge on any atom is -0.496 e. The quantitative estimate of drug-likeness (QED) is 0.179. The number of anilines is 2. The number of nitrogens with zero attached hydrogens (tertiary/aromatic N) is 3. The molecule has 1 aliphatic rings. The van der Waals surface area contributed by atoms with E-state index in [9.17, 15) is 41.1 Å². The molecule has 0 bridgehead atoms. The molecule has 0 radical (unpaired) electrons. The predicted octanol–water partition coefficient (Wildman–Crippen LogP) is 7.20. The van der Waals surface area contributed by atoms with E-state index in [-0.39, 0.29) is 23.0 Å². The van der Waals surface area contributed by atoms with E-state index in [0.29, 0.717) is 23.4 Å². The van der Waals surface area contributed by atoms with Gasteiger partial charge in [0.15, 0.2) is 6.17 Å². The topological polar surface area (TPSA) is 85.3 Å². The lowest BCUT2D eigenvalue weighted by atomic mass is 9.98. The molecule has 0 aliphatic carbocycles. The molecular formula is C28H26F6N4O4. The number of ether oxygens (including phenoxy) is 1. The molecule has 8 nitrogen and oxygen atoms in total. The van der Waals surface area contributed by atoms with Crippen LogP contribution in [-0.4, -0.2) is 46.0 Å². The molecule has 1 unspecified atom stereocenters. The Morgan fingerprint density at radius 2 is 1.55 bits per heavy atom. The second kappa shape index (κ2) is 11.1. The van der Waals surface area contributed by atoms with Crippen molar-refractivity contribution in [3.63, 3.8) is 0 Å². The zero-order valence-electron chi connectivity index (χ0n) is 22.5. The van der Waals surface area contributed by atoms with Gasteiger partial charge in [-0.2, -0.15) is 31.4 Å². The van der Waals surface area contributed by atoms with Crippen molar-refractivity contribution in [2.75, 3.05) is 17.3 Å². The van der Waals surface area contributed by atoms with E-state index in [1.165, 1.54) is 31.9 Å². The fourth-order valence-corrected chi connectivity index (χ4v) is 4.77. The van der Waals surface area contributed by atoms with Crippen LogP contribution in [0.2, 0.25) is 0 Å². The number of hydrogen-bond acceptors (Lipinski definition) is 4. The van der Waals surface area contributed by atoms with Crippen molar-refractivity contribution in [3.8, 4) is 5.75 Å². The predicted molar refractivity (Wildman–Crippen MR) is 140 cm³/mol. The van der Waals surface area contributed by atoms with Gasteiger partial charge in [0.25, 0.3) is 0 Å². The number of methoxy groups -OCH3 is 1. The molecule has 3 aromatic carbocycles. The van der Waals surface area contributed by atoms with Crippen molar-refractivity contribution in [2.24, 2.45) is 0 Å². The van der Waals surface area contributed by atoms with Crippen LogP contribution in [0, 0.1) is 0 Å². The van der Waals surface area contributed by atoms with Crippen molar-refractivity contribution >= 4 is 23.4 Å². The second-order valence-electron chi connectivity index (χ2n) is 9.98. The first kappa shape index (κ1) is 30.5. The highest BCUT2D eigenvalue weighted by molar-refractivity contribution is 5.98. The van der Waals surface area contributed by atoms with Crippen LogP contribution in [0.1, 0.15) is 30.5 Å². The summed E-state index contributed by atoms with van der Waals surface area (Å²) in [6.45, 7) is 2.85. The number of nitrogens with one attached hydrogen (secondary N) is 1. The number of alkyl halides is 6. The summed E-state index contributed by atoms with van der Waals surface area (Å²) >= 11 is 0. The summed E-state index contributed by atoms with van der Waals surface area (Å²) in [6.07, 6.45) is -11.1. The summed E-state index contributed by atoms with van der Waals surface area (Å²) in [5.41, 5.74) is -3.66. The fourth-order valence-electron chi connectivity index (χ4n) is 4.77. The van der Waals surface area contributed by atoms with Gasteiger partial charge < -0.3 is 15.0 Å². The molecule has 1 atom stereocenters. The van der Waals surface area contributed by atoms with Crippen LogP contribution in [-0.2, 0) is 18.9 Å². The monoisotopic (exact) mass is 596 g/mol. The molecule has 4 amide bonds. The van der Waals surface area contributed by atoms with Crippen molar-refractivity contribution in [3.05, 3.63) is 89.5 Å². The Kier molecular flexibility index (Phi) is 8.05. The fraction of sp³-hybridized carbons (Fsp3) is 0.286. The Bertz CT molecular complexity index is 1480. The molecule has 1 heterocycles. The molecular weight excluding hydrogens is 570 g/mol. The molecule has 42 heavy (non-hydrogen) atoms. The standard InChI is InChI=1S/C28H26F6N4O4/c1-26(2)23(38(41)24(39)35-20-11-6-9-18(14-20)27(29,30)31)37(21-12-7-10-19(15-21)28(32,33)34)25(40)36(26)16-17-8-4-5-13-22(17)42-3/h4-15,23,41H,16H2,1-3H3,(H,35,39). The van der Waals surface area contributed by atoms with Gasteiger partial charge in [0.05, 0.1) is 30.3 Å². The van der Waals surface area contributed by atoms with E-state index in [0.717, 1.165) is 35.2 Å². The maximum Gasteiger partial charge on any atom is 0.416 e. The molecule has 4 rings (SSSR count). The van der Waals surface area contributed by atoms with Crippen molar-refractivity contribution in [2.45, 2.75) is 44.4 Å². The van der Waals surface area contributed by atoms with Gasteiger partial charge in [-0.25, -0.2) is 9.59 Å². The van der Waals surface area contributed by atoms with Gasteiger partial charge in [-0.3, -0.25) is 10.1 Å². The van der Waals surface area contributed by atoms with Gasteiger partial charge in [-0.1, -0.05) is 30.3 Å². The van der Waals surface area contributed by atoms with Crippen molar-refractivity contribution < 1.29 is 45.9 Å². The van der Waals surface area contributed by atoms with Crippen LogP contribution < -0.4 is 15.0 Å². The average Bonchev–Trinajstić information content (AvgIpc) is 3.12. The number of hydroxylamine groups is 2. The molecule has 1 aliphatic heterocycles. The summed E-state index contributed by atoms with van der Waals surface area (Å²) in [4.78, 5) is 29.1. The van der Waals surface area contributed by atoms with Crippen molar-refractivity contribution in [1.29, 1.82) is 0 Å². The van der Waals surface area contributed by atoms with Gasteiger partial charge in [-0.05, 0) is 56.3 Å². The zero-order valence-corrected chi connectivity index (χ0v) is 22.5. The first-order valence-electron chi connectivity index (χ1n) is 12.4. The van der Waals surface area contributed by atoms with E-state index in [4.69, 9.17) is 4.74 Å². The van der Waals surface area contributed by atoms with Gasteiger partial charge >= 0.3 is 24.4 Å².